The molecule has 2 aromatic carbocycles. The lowest BCUT2D eigenvalue weighted by molar-refractivity contribution is -0.139. The largest absolute Gasteiger partial charge is 0.485 e. The molecule has 0 saturated carbocycles. The quantitative estimate of drug-likeness (QED) is 0.562. The summed E-state index contributed by atoms with van der Waals surface area (Å²) in [5, 5.41) is 0. The van der Waals surface area contributed by atoms with Gasteiger partial charge in [0.25, 0.3) is 0 Å². The molecule has 2 aromatic rings. The highest BCUT2D eigenvalue weighted by atomic mass is 19.4. The summed E-state index contributed by atoms with van der Waals surface area (Å²) in [7, 11) is 0. The molecule has 1 atom stereocenters. The van der Waals surface area contributed by atoms with E-state index in [1.807, 2.05) is 6.07 Å². The van der Waals surface area contributed by atoms with Crippen LogP contribution in [0.3, 0.4) is 0 Å². The third-order valence-corrected chi connectivity index (χ3v) is 3.61. The van der Waals surface area contributed by atoms with Gasteiger partial charge in [0.05, 0.1) is 0 Å². The van der Waals surface area contributed by atoms with E-state index >= 15 is 0 Å². The number of unbranched alkanes of at least 4 members (excludes halogenated alkanes) is 1. The maximum atomic E-state index is 13.2. The van der Waals surface area contributed by atoms with Gasteiger partial charge < -0.3 is 10.5 Å². The lowest BCUT2D eigenvalue weighted by atomic mass is 10.0. The summed E-state index contributed by atoms with van der Waals surface area (Å²) < 4.78 is 58.2. The van der Waals surface area contributed by atoms with E-state index in [-0.39, 0.29) is 5.75 Å². The number of halogens is 4. The van der Waals surface area contributed by atoms with Gasteiger partial charge in [0.15, 0.2) is 0 Å². The number of rotatable bonds is 7. The second kappa shape index (κ2) is 8.15. The molecule has 0 radical (unpaired) electrons. The molecular formula is C18H19F4NO. The van der Waals surface area contributed by atoms with Crippen LogP contribution in [0.4, 0.5) is 17.6 Å². The van der Waals surface area contributed by atoms with E-state index in [1.54, 1.807) is 24.3 Å². The van der Waals surface area contributed by atoms with E-state index in [9.17, 15) is 17.6 Å². The second-order valence-electron chi connectivity index (χ2n) is 5.44. The van der Waals surface area contributed by atoms with Crippen LogP contribution in [0.5, 0.6) is 5.75 Å². The maximum Gasteiger partial charge on any atom is 0.420 e. The molecule has 0 aliphatic heterocycles. The standard InChI is InChI=1S/C18H19F4NO/c19-14-9-10-17(15(12-14)18(20,21)22)24-16(8-4-5-11-23)13-6-2-1-3-7-13/h1-3,6-7,9-10,12,16H,4-5,8,11,23H2. The Balaban J connectivity index is 2.29. The number of ether oxygens (including phenoxy) is 1. The zero-order valence-corrected chi connectivity index (χ0v) is 13.0. The monoisotopic (exact) mass is 341 g/mol. The molecule has 0 aromatic heterocycles. The second-order valence-corrected chi connectivity index (χ2v) is 5.44. The van der Waals surface area contributed by atoms with Crippen LogP contribution in [-0.4, -0.2) is 6.54 Å². The minimum Gasteiger partial charge on any atom is -0.485 e. The fourth-order valence-corrected chi connectivity index (χ4v) is 2.42. The Morgan fingerprint density at radius 2 is 1.71 bits per heavy atom. The van der Waals surface area contributed by atoms with Crippen molar-refractivity contribution in [3.8, 4) is 5.75 Å². The summed E-state index contributed by atoms with van der Waals surface area (Å²) in [6, 6.07) is 11.4. The molecule has 6 heteroatoms. The summed E-state index contributed by atoms with van der Waals surface area (Å²) in [4.78, 5) is 0. The summed E-state index contributed by atoms with van der Waals surface area (Å²) in [5.41, 5.74) is 5.13. The van der Waals surface area contributed by atoms with Crippen molar-refractivity contribution in [2.24, 2.45) is 5.73 Å². The highest BCUT2D eigenvalue weighted by Crippen LogP contribution is 2.39. The minimum atomic E-state index is -4.68. The molecule has 0 aliphatic carbocycles. The molecule has 2 N–H and O–H groups in total. The molecule has 0 saturated heterocycles. The zero-order valence-electron chi connectivity index (χ0n) is 13.0. The Hall–Kier alpha value is -2.08. The lowest BCUT2D eigenvalue weighted by Crippen LogP contribution is -2.14. The van der Waals surface area contributed by atoms with Crippen molar-refractivity contribution >= 4 is 0 Å². The Bertz CT molecular complexity index is 643. The van der Waals surface area contributed by atoms with E-state index in [0.717, 1.165) is 30.5 Å². The predicted molar refractivity (Wildman–Crippen MR) is 84.1 cm³/mol. The molecule has 1 unspecified atom stereocenters. The zero-order chi connectivity index (χ0) is 17.6. The van der Waals surface area contributed by atoms with Crippen molar-refractivity contribution in [1.29, 1.82) is 0 Å². The van der Waals surface area contributed by atoms with E-state index in [2.05, 4.69) is 0 Å². The normalized spacial score (nSPS) is 12.9. The van der Waals surface area contributed by atoms with E-state index in [1.165, 1.54) is 0 Å². The first-order valence-corrected chi connectivity index (χ1v) is 7.70. The van der Waals surface area contributed by atoms with Gasteiger partial charge in [0.2, 0.25) is 0 Å². The Kier molecular flexibility index (Phi) is 6.20. The van der Waals surface area contributed by atoms with Gasteiger partial charge in [-0.25, -0.2) is 4.39 Å². The molecule has 0 aliphatic rings. The SMILES string of the molecule is NCCCCC(Oc1ccc(F)cc1C(F)(F)F)c1ccccc1. The van der Waals surface area contributed by atoms with E-state index in [4.69, 9.17) is 10.5 Å². The number of benzene rings is 2. The van der Waals surface area contributed by atoms with Crippen molar-refractivity contribution in [2.45, 2.75) is 31.5 Å². The first-order chi connectivity index (χ1) is 11.4. The van der Waals surface area contributed by atoms with Crippen molar-refractivity contribution < 1.29 is 22.3 Å². The lowest BCUT2D eigenvalue weighted by Gasteiger charge is -2.22. The van der Waals surface area contributed by atoms with Crippen LogP contribution < -0.4 is 10.5 Å². The fraction of sp³-hybridized carbons (Fsp3) is 0.333. The fourth-order valence-electron chi connectivity index (χ4n) is 2.42. The molecule has 0 amide bonds. The van der Waals surface area contributed by atoms with Gasteiger partial charge in [-0.05, 0) is 49.6 Å². The van der Waals surface area contributed by atoms with E-state index in [0.29, 0.717) is 19.0 Å². The van der Waals surface area contributed by atoms with Crippen LogP contribution in [0, 0.1) is 5.82 Å². The van der Waals surface area contributed by atoms with Crippen molar-refractivity contribution in [3.05, 3.63) is 65.5 Å². The van der Waals surface area contributed by atoms with Crippen molar-refractivity contribution in [3.63, 3.8) is 0 Å². The Morgan fingerprint density at radius 1 is 1.00 bits per heavy atom. The highest BCUT2D eigenvalue weighted by Gasteiger charge is 2.35. The van der Waals surface area contributed by atoms with Gasteiger partial charge in [0, 0.05) is 0 Å². The first kappa shape index (κ1) is 18.3. The summed E-state index contributed by atoms with van der Waals surface area (Å²) in [6.45, 7) is 0.506. The Morgan fingerprint density at radius 3 is 2.33 bits per heavy atom. The molecule has 130 valence electrons. The molecular weight excluding hydrogens is 322 g/mol. The van der Waals surface area contributed by atoms with Crippen molar-refractivity contribution in [2.75, 3.05) is 6.54 Å². The third kappa shape index (κ3) is 4.96. The average molecular weight is 341 g/mol. The number of hydrogen-bond donors (Lipinski definition) is 1. The van der Waals surface area contributed by atoms with Crippen LogP contribution in [0.2, 0.25) is 0 Å². The summed E-state index contributed by atoms with van der Waals surface area (Å²) in [5.74, 6) is -1.32. The molecule has 2 nitrogen and oxygen atoms in total. The van der Waals surface area contributed by atoms with Crippen LogP contribution in [-0.2, 0) is 6.18 Å². The third-order valence-electron chi connectivity index (χ3n) is 3.61. The predicted octanol–water partition coefficient (Wildman–Crippen LogP) is 5.09. The summed E-state index contributed by atoms with van der Waals surface area (Å²) >= 11 is 0. The molecule has 0 spiro atoms. The van der Waals surface area contributed by atoms with Gasteiger partial charge in [-0.2, -0.15) is 13.2 Å². The van der Waals surface area contributed by atoms with Crippen molar-refractivity contribution in [1.82, 2.24) is 0 Å². The first-order valence-electron chi connectivity index (χ1n) is 7.70. The highest BCUT2D eigenvalue weighted by molar-refractivity contribution is 5.37. The minimum absolute atomic E-state index is 0.370. The van der Waals surface area contributed by atoms with Gasteiger partial charge in [0.1, 0.15) is 23.2 Å². The van der Waals surface area contributed by atoms with Crippen LogP contribution in [0.25, 0.3) is 0 Å². The molecule has 24 heavy (non-hydrogen) atoms. The summed E-state index contributed by atoms with van der Waals surface area (Å²) in [6.07, 6.45) is -3.24. The number of hydrogen-bond acceptors (Lipinski definition) is 2. The molecule has 0 heterocycles. The maximum absolute atomic E-state index is 13.2. The molecule has 0 fully saturated rings. The van der Waals surface area contributed by atoms with Gasteiger partial charge in [-0.1, -0.05) is 30.3 Å². The van der Waals surface area contributed by atoms with E-state index < -0.39 is 23.7 Å². The van der Waals surface area contributed by atoms with Gasteiger partial charge >= 0.3 is 6.18 Å². The van der Waals surface area contributed by atoms with Crippen LogP contribution in [0.1, 0.15) is 36.5 Å². The number of nitrogens with two attached hydrogens (primary N) is 1. The number of alkyl halides is 3. The van der Waals surface area contributed by atoms with Crippen LogP contribution in [0.15, 0.2) is 48.5 Å². The topological polar surface area (TPSA) is 35.2 Å². The smallest absolute Gasteiger partial charge is 0.420 e. The van der Waals surface area contributed by atoms with Gasteiger partial charge in [-0.15, -0.1) is 0 Å². The average Bonchev–Trinajstić information content (AvgIpc) is 2.55. The van der Waals surface area contributed by atoms with Gasteiger partial charge in [-0.3, -0.25) is 0 Å². The van der Waals surface area contributed by atoms with Crippen LogP contribution >= 0.6 is 0 Å². The Labute approximate surface area is 138 Å². The molecule has 2 rings (SSSR count). The molecule has 0 bridgehead atoms.